The molecule has 4 aliphatic rings. The number of hydrogen-bond acceptors (Lipinski definition) is 5. The molecule has 0 spiro atoms. The van der Waals surface area contributed by atoms with Crippen LogP contribution in [0.2, 0.25) is 5.02 Å². The number of carbonyl (C=O) groups excluding carboxylic acids is 3. The van der Waals surface area contributed by atoms with Gasteiger partial charge in [-0.1, -0.05) is 11.6 Å². The number of ether oxygens (including phenoxy) is 2. The number of benzene rings is 1. The molecule has 4 bridgehead atoms. The SMILES string of the molecule is COC(=O)CC(=O)NC12CC3C[C@H](C1)C(NC(=O)C(C)(C)Oc1ccc(Cl)cc1C)[C@@H](C3)C2. The van der Waals surface area contributed by atoms with Gasteiger partial charge in [0.2, 0.25) is 5.91 Å². The maximum atomic E-state index is 13.3. The van der Waals surface area contributed by atoms with Crippen LogP contribution in [0.3, 0.4) is 0 Å². The summed E-state index contributed by atoms with van der Waals surface area (Å²) in [4.78, 5) is 37.2. The van der Waals surface area contributed by atoms with Gasteiger partial charge in [-0.05, 0) is 94.4 Å². The molecule has 4 fully saturated rings. The van der Waals surface area contributed by atoms with Crippen molar-refractivity contribution in [3.8, 4) is 5.75 Å². The highest BCUT2D eigenvalue weighted by Crippen LogP contribution is 2.55. The second kappa shape index (κ2) is 8.82. The fourth-order valence-corrected chi connectivity index (χ4v) is 6.56. The number of carbonyl (C=O) groups is 3. The van der Waals surface area contributed by atoms with E-state index in [1.807, 2.05) is 13.0 Å². The van der Waals surface area contributed by atoms with Crippen molar-refractivity contribution in [1.82, 2.24) is 10.6 Å². The number of methoxy groups -OCH3 is 1. The lowest BCUT2D eigenvalue weighted by molar-refractivity contribution is -0.146. The van der Waals surface area contributed by atoms with Gasteiger partial charge in [-0.2, -0.15) is 0 Å². The molecule has 0 aromatic heterocycles. The Morgan fingerprint density at radius 3 is 2.42 bits per heavy atom. The van der Waals surface area contributed by atoms with E-state index >= 15 is 0 Å². The van der Waals surface area contributed by atoms with Crippen molar-refractivity contribution in [3.63, 3.8) is 0 Å². The van der Waals surface area contributed by atoms with E-state index in [-0.39, 0.29) is 29.8 Å². The molecule has 5 rings (SSSR count). The van der Waals surface area contributed by atoms with E-state index in [1.165, 1.54) is 7.11 Å². The molecular weight excluding hydrogens is 444 g/mol. The zero-order chi connectivity index (χ0) is 24.0. The number of amides is 2. The maximum absolute atomic E-state index is 13.3. The van der Waals surface area contributed by atoms with Crippen LogP contribution in [0.5, 0.6) is 5.75 Å². The lowest BCUT2D eigenvalue weighted by Gasteiger charge is -2.60. The average Bonchev–Trinajstić information content (AvgIpc) is 2.71. The topological polar surface area (TPSA) is 93.7 Å². The first-order chi connectivity index (χ1) is 15.5. The molecule has 5 atom stereocenters. The van der Waals surface area contributed by atoms with Crippen LogP contribution in [0.4, 0.5) is 0 Å². The van der Waals surface area contributed by atoms with Gasteiger partial charge in [0.05, 0.1) is 7.11 Å². The molecule has 0 saturated heterocycles. The molecule has 1 aromatic rings. The summed E-state index contributed by atoms with van der Waals surface area (Å²) in [6.07, 6.45) is 4.41. The third kappa shape index (κ3) is 4.98. The van der Waals surface area contributed by atoms with Crippen molar-refractivity contribution >= 4 is 29.4 Å². The maximum Gasteiger partial charge on any atom is 0.315 e. The quantitative estimate of drug-likeness (QED) is 0.463. The molecule has 4 saturated carbocycles. The van der Waals surface area contributed by atoms with Crippen molar-refractivity contribution in [1.29, 1.82) is 0 Å². The van der Waals surface area contributed by atoms with Crippen molar-refractivity contribution in [2.45, 2.75) is 76.5 Å². The zero-order valence-electron chi connectivity index (χ0n) is 19.7. The molecule has 1 aromatic carbocycles. The fraction of sp³-hybridized carbons (Fsp3) is 0.640. The Kier molecular flexibility index (Phi) is 6.38. The lowest BCUT2D eigenvalue weighted by atomic mass is 9.51. The summed E-state index contributed by atoms with van der Waals surface area (Å²) in [5, 5.41) is 7.07. The zero-order valence-corrected chi connectivity index (χ0v) is 20.5. The van der Waals surface area contributed by atoms with Crippen LogP contribution in [-0.4, -0.2) is 42.1 Å². The standard InChI is InChI=1S/C25H33ClN2O5/c1-14-7-18(26)5-6-19(14)33-24(2,3)23(31)27-22-16-8-15-9-17(22)13-25(11-15,12-16)28-20(29)10-21(30)32-4/h5-7,15-17,22H,8-13H2,1-4H3,(H,27,31)(H,28,29)/t15?,16-,17+,22?,25?. The van der Waals surface area contributed by atoms with Gasteiger partial charge in [-0.25, -0.2) is 0 Å². The van der Waals surface area contributed by atoms with Gasteiger partial charge in [0.25, 0.3) is 5.91 Å². The molecule has 33 heavy (non-hydrogen) atoms. The molecule has 7 nitrogen and oxygen atoms in total. The Morgan fingerprint density at radius 1 is 1.15 bits per heavy atom. The Bertz CT molecular complexity index is 946. The van der Waals surface area contributed by atoms with Gasteiger partial charge in [0.15, 0.2) is 5.60 Å². The molecule has 2 amide bonds. The van der Waals surface area contributed by atoms with Gasteiger partial charge in [0.1, 0.15) is 12.2 Å². The first-order valence-electron chi connectivity index (χ1n) is 11.6. The number of esters is 1. The number of aryl methyl sites for hydroxylation is 1. The second-order valence-electron chi connectivity index (χ2n) is 10.6. The highest BCUT2D eigenvalue weighted by Gasteiger charge is 2.56. The number of rotatable bonds is 7. The predicted molar refractivity (Wildman–Crippen MR) is 124 cm³/mol. The largest absolute Gasteiger partial charge is 0.478 e. The van der Waals surface area contributed by atoms with E-state index in [9.17, 15) is 14.4 Å². The molecule has 3 unspecified atom stereocenters. The Hall–Kier alpha value is -2.28. The van der Waals surface area contributed by atoms with Gasteiger partial charge < -0.3 is 20.1 Å². The second-order valence-corrected chi connectivity index (χ2v) is 11.0. The highest BCUT2D eigenvalue weighted by molar-refractivity contribution is 6.30. The van der Waals surface area contributed by atoms with Gasteiger partial charge >= 0.3 is 5.97 Å². The van der Waals surface area contributed by atoms with Crippen molar-refractivity contribution < 1.29 is 23.9 Å². The Morgan fingerprint density at radius 2 is 1.82 bits per heavy atom. The van der Waals surface area contributed by atoms with Crippen LogP contribution in [-0.2, 0) is 19.1 Å². The van der Waals surface area contributed by atoms with E-state index in [1.54, 1.807) is 26.0 Å². The van der Waals surface area contributed by atoms with Crippen molar-refractivity contribution in [2.75, 3.05) is 7.11 Å². The molecule has 180 valence electrons. The van der Waals surface area contributed by atoms with E-state index in [0.29, 0.717) is 28.5 Å². The molecule has 0 radical (unpaired) electrons. The molecule has 4 aliphatic carbocycles. The summed E-state index contributed by atoms with van der Waals surface area (Å²) in [6.45, 7) is 5.46. The van der Waals surface area contributed by atoms with E-state index in [0.717, 1.165) is 37.7 Å². The summed E-state index contributed by atoms with van der Waals surface area (Å²) < 4.78 is 10.7. The minimum Gasteiger partial charge on any atom is -0.478 e. The van der Waals surface area contributed by atoms with Crippen LogP contribution < -0.4 is 15.4 Å². The number of hydrogen-bond donors (Lipinski definition) is 2. The lowest BCUT2D eigenvalue weighted by Crippen LogP contribution is -2.67. The van der Waals surface area contributed by atoms with Gasteiger partial charge in [-0.15, -0.1) is 0 Å². The van der Waals surface area contributed by atoms with Crippen LogP contribution in [0, 0.1) is 24.7 Å². The van der Waals surface area contributed by atoms with Crippen molar-refractivity contribution in [2.24, 2.45) is 17.8 Å². The molecular formula is C25H33ClN2O5. The van der Waals surface area contributed by atoms with Crippen LogP contribution in [0.15, 0.2) is 18.2 Å². The average molecular weight is 477 g/mol. The monoisotopic (exact) mass is 476 g/mol. The minimum absolute atomic E-state index is 0.0638. The molecule has 8 heteroatoms. The summed E-state index contributed by atoms with van der Waals surface area (Å²) in [7, 11) is 1.28. The predicted octanol–water partition coefficient (Wildman–Crippen LogP) is 3.55. The molecule has 0 aliphatic heterocycles. The Balaban J connectivity index is 1.41. The van der Waals surface area contributed by atoms with E-state index < -0.39 is 11.6 Å². The summed E-state index contributed by atoms with van der Waals surface area (Å²) in [5.74, 6) is 0.821. The number of nitrogens with one attached hydrogen (secondary N) is 2. The van der Waals surface area contributed by atoms with Crippen LogP contribution in [0.25, 0.3) is 0 Å². The summed E-state index contributed by atoms with van der Waals surface area (Å²) in [6, 6.07) is 5.42. The molecule has 0 heterocycles. The fourth-order valence-electron chi connectivity index (χ4n) is 6.33. The summed E-state index contributed by atoms with van der Waals surface area (Å²) >= 11 is 6.04. The van der Waals surface area contributed by atoms with Crippen LogP contribution in [0.1, 0.15) is 57.9 Å². The summed E-state index contributed by atoms with van der Waals surface area (Å²) in [5.41, 5.74) is -0.447. The van der Waals surface area contributed by atoms with E-state index in [2.05, 4.69) is 15.4 Å². The smallest absolute Gasteiger partial charge is 0.315 e. The molecule has 2 N–H and O–H groups in total. The number of halogens is 1. The van der Waals surface area contributed by atoms with Crippen molar-refractivity contribution in [3.05, 3.63) is 28.8 Å². The van der Waals surface area contributed by atoms with Gasteiger partial charge in [-0.3, -0.25) is 14.4 Å². The Labute approximate surface area is 199 Å². The third-order valence-electron chi connectivity index (χ3n) is 7.56. The van der Waals surface area contributed by atoms with E-state index in [4.69, 9.17) is 16.3 Å². The normalized spacial score (nSPS) is 30.0. The first kappa shape index (κ1) is 23.9. The highest BCUT2D eigenvalue weighted by atomic mass is 35.5. The third-order valence-corrected chi connectivity index (χ3v) is 7.79. The van der Waals surface area contributed by atoms with Gasteiger partial charge in [0, 0.05) is 16.6 Å². The minimum atomic E-state index is -1.04. The first-order valence-corrected chi connectivity index (χ1v) is 12.0. The van der Waals surface area contributed by atoms with Crippen LogP contribution >= 0.6 is 11.6 Å².